The van der Waals surface area contributed by atoms with E-state index < -0.39 is 0 Å². The highest BCUT2D eigenvalue weighted by Gasteiger charge is 2.26. The summed E-state index contributed by atoms with van der Waals surface area (Å²) in [4.78, 5) is 8.80. The van der Waals surface area contributed by atoms with Crippen molar-refractivity contribution in [2.45, 2.75) is 45.4 Å². The molecular formula is C15H21N5. The Labute approximate surface area is 119 Å². The van der Waals surface area contributed by atoms with Gasteiger partial charge in [-0.25, -0.2) is 14.6 Å². The quantitative estimate of drug-likeness (QED) is 0.877. The van der Waals surface area contributed by atoms with E-state index in [1.165, 1.54) is 18.5 Å². The number of anilines is 1. The Morgan fingerprint density at radius 3 is 2.85 bits per heavy atom. The first-order valence-electron chi connectivity index (χ1n) is 7.47. The fourth-order valence-corrected chi connectivity index (χ4v) is 2.37. The molecule has 1 saturated carbocycles. The zero-order valence-corrected chi connectivity index (χ0v) is 12.1. The highest BCUT2D eigenvalue weighted by molar-refractivity contribution is 5.51. The number of hydrogen-bond donors (Lipinski definition) is 1. The van der Waals surface area contributed by atoms with Gasteiger partial charge in [0.05, 0.1) is 5.69 Å². The Balaban J connectivity index is 1.94. The molecule has 3 rings (SSSR count). The molecule has 0 aliphatic heterocycles. The van der Waals surface area contributed by atoms with Crippen LogP contribution in [0, 0.1) is 0 Å². The largest absolute Gasteiger partial charge is 0.370 e. The maximum absolute atomic E-state index is 4.67. The van der Waals surface area contributed by atoms with E-state index in [1.54, 1.807) is 6.33 Å². The first kappa shape index (κ1) is 13.1. The Morgan fingerprint density at radius 1 is 1.30 bits per heavy atom. The second-order valence-corrected chi connectivity index (χ2v) is 5.26. The third kappa shape index (κ3) is 2.53. The van der Waals surface area contributed by atoms with E-state index in [2.05, 4.69) is 40.3 Å². The van der Waals surface area contributed by atoms with Gasteiger partial charge < -0.3 is 5.32 Å². The van der Waals surface area contributed by atoms with Crippen LogP contribution in [0.4, 0.5) is 5.82 Å². The van der Waals surface area contributed by atoms with E-state index in [0.29, 0.717) is 5.92 Å². The van der Waals surface area contributed by atoms with Crippen molar-refractivity contribution in [3.05, 3.63) is 29.8 Å². The zero-order chi connectivity index (χ0) is 13.9. The van der Waals surface area contributed by atoms with Crippen LogP contribution in [0.5, 0.6) is 0 Å². The van der Waals surface area contributed by atoms with E-state index in [4.69, 9.17) is 0 Å². The lowest BCUT2D eigenvalue weighted by molar-refractivity contribution is 0.791. The predicted molar refractivity (Wildman–Crippen MR) is 79.3 cm³/mol. The van der Waals surface area contributed by atoms with Crippen molar-refractivity contribution in [3.8, 4) is 5.82 Å². The van der Waals surface area contributed by atoms with Gasteiger partial charge in [0.25, 0.3) is 0 Å². The Morgan fingerprint density at radius 2 is 2.15 bits per heavy atom. The van der Waals surface area contributed by atoms with Crippen LogP contribution in [-0.4, -0.2) is 26.3 Å². The molecule has 106 valence electrons. The molecule has 20 heavy (non-hydrogen) atoms. The van der Waals surface area contributed by atoms with Gasteiger partial charge >= 0.3 is 0 Å². The van der Waals surface area contributed by atoms with Crippen LogP contribution >= 0.6 is 0 Å². The highest BCUT2D eigenvalue weighted by atomic mass is 15.3. The second-order valence-electron chi connectivity index (χ2n) is 5.26. The molecule has 2 aromatic rings. The minimum Gasteiger partial charge on any atom is -0.370 e. The predicted octanol–water partition coefficient (Wildman–Crippen LogP) is 2.92. The highest BCUT2D eigenvalue weighted by Crippen LogP contribution is 2.39. The monoisotopic (exact) mass is 271 g/mol. The molecule has 0 amide bonds. The van der Waals surface area contributed by atoms with Crippen molar-refractivity contribution in [2.75, 3.05) is 11.9 Å². The number of hydrogen-bond acceptors (Lipinski definition) is 4. The van der Waals surface area contributed by atoms with Crippen molar-refractivity contribution >= 4 is 5.82 Å². The van der Waals surface area contributed by atoms with Crippen molar-refractivity contribution in [1.82, 2.24) is 19.7 Å². The molecule has 1 fully saturated rings. The zero-order valence-electron chi connectivity index (χ0n) is 12.1. The Kier molecular flexibility index (Phi) is 3.67. The minimum atomic E-state index is 0.667. The maximum atomic E-state index is 4.67. The van der Waals surface area contributed by atoms with Gasteiger partial charge in [-0.15, -0.1) is 0 Å². The Bertz CT molecular complexity index is 586. The number of rotatable bonds is 6. The van der Waals surface area contributed by atoms with Gasteiger partial charge in [-0.05, 0) is 31.7 Å². The number of nitrogens with zero attached hydrogens (tertiary/aromatic N) is 4. The Hall–Kier alpha value is -1.91. The van der Waals surface area contributed by atoms with Crippen LogP contribution in [0.25, 0.3) is 5.82 Å². The third-order valence-corrected chi connectivity index (χ3v) is 3.64. The van der Waals surface area contributed by atoms with Crippen LogP contribution in [0.1, 0.15) is 50.3 Å². The van der Waals surface area contributed by atoms with Gasteiger partial charge in [0.2, 0.25) is 0 Å². The molecule has 2 heterocycles. The fourth-order valence-electron chi connectivity index (χ4n) is 2.37. The standard InChI is InChI=1S/C15H21N5/c1-3-8-16-14-12(4-2)15(18-10-17-14)20-9-7-13(19-20)11-5-6-11/h7,9-11H,3-6,8H2,1-2H3,(H,16,17,18). The molecule has 1 aliphatic carbocycles. The summed E-state index contributed by atoms with van der Waals surface area (Å²) in [5.74, 6) is 2.50. The molecule has 0 aromatic carbocycles. The average Bonchev–Trinajstić information content (AvgIpc) is 3.22. The normalized spacial score (nSPS) is 14.5. The summed E-state index contributed by atoms with van der Waals surface area (Å²) < 4.78 is 1.89. The van der Waals surface area contributed by atoms with Gasteiger partial charge in [-0.2, -0.15) is 5.10 Å². The summed E-state index contributed by atoms with van der Waals surface area (Å²) >= 11 is 0. The maximum Gasteiger partial charge on any atom is 0.161 e. The van der Waals surface area contributed by atoms with Gasteiger partial charge in [0.15, 0.2) is 5.82 Å². The molecule has 5 nitrogen and oxygen atoms in total. The van der Waals surface area contributed by atoms with Crippen molar-refractivity contribution in [3.63, 3.8) is 0 Å². The lowest BCUT2D eigenvalue weighted by Gasteiger charge is -2.12. The smallest absolute Gasteiger partial charge is 0.161 e. The summed E-state index contributed by atoms with van der Waals surface area (Å²) in [7, 11) is 0. The lowest BCUT2D eigenvalue weighted by Crippen LogP contribution is -2.10. The fraction of sp³-hybridized carbons (Fsp3) is 0.533. The molecule has 0 radical (unpaired) electrons. The van der Waals surface area contributed by atoms with Crippen LogP contribution in [0.3, 0.4) is 0 Å². The molecule has 0 spiro atoms. The molecule has 1 aliphatic rings. The van der Waals surface area contributed by atoms with Crippen molar-refractivity contribution in [1.29, 1.82) is 0 Å². The summed E-state index contributed by atoms with van der Waals surface area (Å²) in [5.41, 5.74) is 2.32. The van der Waals surface area contributed by atoms with E-state index in [1.807, 2.05) is 10.9 Å². The van der Waals surface area contributed by atoms with Gasteiger partial charge in [-0.1, -0.05) is 13.8 Å². The van der Waals surface area contributed by atoms with Crippen LogP contribution in [0.15, 0.2) is 18.6 Å². The molecule has 0 bridgehead atoms. The van der Waals surface area contributed by atoms with Gasteiger partial charge in [0, 0.05) is 24.2 Å². The van der Waals surface area contributed by atoms with E-state index in [0.717, 1.165) is 36.6 Å². The molecule has 0 saturated heterocycles. The molecule has 0 atom stereocenters. The first-order valence-corrected chi connectivity index (χ1v) is 7.47. The summed E-state index contributed by atoms with van der Waals surface area (Å²) in [6.45, 7) is 5.21. The van der Waals surface area contributed by atoms with Crippen LogP contribution in [-0.2, 0) is 6.42 Å². The SMILES string of the molecule is CCCNc1ncnc(-n2ccc(C3CC3)n2)c1CC. The van der Waals surface area contributed by atoms with Gasteiger partial charge in [0.1, 0.15) is 12.1 Å². The molecule has 5 heteroatoms. The van der Waals surface area contributed by atoms with Crippen LogP contribution in [0.2, 0.25) is 0 Å². The number of aromatic nitrogens is 4. The number of nitrogens with one attached hydrogen (secondary N) is 1. The van der Waals surface area contributed by atoms with Crippen LogP contribution < -0.4 is 5.32 Å². The lowest BCUT2D eigenvalue weighted by atomic mass is 10.2. The topological polar surface area (TPSA) is 55.6 Å². The molecule has 1 N–H and O–H groups in total. The first-order chi connectivity index (χ1) is 9.83. The third-order valence-electron chi connectivity index (χ3n) is 3.64. The molecule has 0 unspecified atom stereocenters. The second kappa shape index (κ2) is 5.61. The average molecular weight is 271 g/mol. The van der Waals surface area contributed by atoms with E-state index in [-0.39, 0.29) is 0 Å². The van der Waals surface area contributed by atoms with Gasteiger partial charge in [-0.3, -0.25) is 0 Å². The van der Waals surface area contributed by atoms with Crippen molar-refractivity contribution in [2.24, 2.45) is 0 Å². The van der Waals surface area contributed by atoms with E-state index >= 15 is 0 Å². The summed E-state index contributed by atoms with van der Waals surface area (Å²) in [6, 6.07) is 2.11. The molecular weight excluding hydrogens is 250 g/mol. The minimum absolute atomic E-state index is 0.667. The van der Waals surface area contributed by atoms with E-state index in [9.17, 15) is 0 Å². The molecule has 2 aromatic heterocycles. The van der Waals surface area contributed by atoms with Crippen molar-refractivity contribution < 1.29 is 0 Å². The summed E-state index contributed by atoms with van der Waals surface area (Å²) in [5, 5.41) is 8.04. The summed E-state index contributed by atoms with van der Waals surface area (Å²) in [6.07, 6.45) is 8.14.